The van der Waals surface area contributed by atoms with Gasteiger partial charge >= 0.3 is 0 Å². The molecule has 0 aliphatic rings. The zero-order chi connectivity index (χ0) is 11.1. The van der Waals surface area contributed by atoms with E-state index in [1.807, 2.05) is 5.32 Å². The number of benzene rings is 1. The molecular formula is C10H9FN2OS. The Morgan fingerprint density at radius 1 is 1.47 bits per heavy atom. The van der Waals surface area contributed by atoms with Crippen LogP contribution in [0.4, 0.5) is 4.39 Å². The molecule has 0 aromatic heterocycles. The van der Waals surface area contributed by atoms with Crippen LogP contribution in [-0.4, -0.2) is 11.7 Å². The summed E-state index contributed by atoms with van der Waals surface area (Å²) in [6.45, 7) is 0. The number of halogens is 1. The summed E-state index contributed by atoms with van der Waals surface area (Å²) >= 11 is 1.37. The summed E-state index contributed by atoms with van der Waals surface area (Å²) < 4.78 is 12.5. The molecule has 0 spiro atoms. The van der Waals surface area contributed by atoms with Gasteiger partial charge in [-0.05, 0) is 17.7 Å². The number of carbonyl (C=O) groups is 1. The molecule has 1 N–H and O–H groups in total. The SMILES string of the molecule is N#CNC(=O)CSCc1ccc(F)cc1. The third-order valence-electron chi connectivity index (χ3n) is 1.61. The molecule has 78 valence electrons. The summed E-state index contributed by atoms with van der Waals surface area (Å²) in [4.78, 5) is 10.9. The molecule has 0 radical (unpaired) electrons. The van der Waals surface area contributed by atoms with Gasteiger partial charge in [0, 0.05) is 5.75 Å². The van der Waals surface area contributed by atoms with E-state index in [9.17, 15) is 9.18 Å². The van der Waals surface area contributed by atoms with E-state index in [-0.39, 0.29) is 17.5 Å². The molecule has 1 rings (SSSR count). The van der Waals surface area contributed by atoms with E-state index in [2.05, 4.69) is 0 Å². The first kappa shape index (κ1) is 11.5. The van der Waals surface area contributed by atoms with E-state index in [1.165, 1.54) is 23.9 Å². The number of nitrogens with one attached hydrogen (secondary N) is 1. The van der Waals surface area contributed by atoms with Crippen molar-refractivity contribution in [3.05, 3.63) is 35.6 Å². The smallest absolute Gasteiger partial charge is 0.242 e. The number of nitriles is 1. The highest BCUT2D eigenvalue weighted by Crippen LogP contribution is 2.12. The minimum absolute atomic E-state index is 0.227. The minimum Gasteiger partial charge on any atom is -0.273 e. The van der Waals surface area contributed by atoms with E-state index >= 15 is 0 Å². The lowest BCUT2D eigenvalue weighted by molar-refractivity contribution is -0.117. The first-order chi connectivity index (χ1) is 7.22. The van der Waals surface area contributed by atoms with Crippen LogP contribution in [0.1, 0.15) is 5.56 Å². The van der Waals surface area contributed by atoms with Crippen molar-refractivity contribution >= 4 is 17.7 Å². The van der Waals surface area contributed by atoms with Gasteiger partial charge in [0.1, 0.15) is 5.82 Å². The molecule has 15 heavy (non-hydrogen) atoms. The number of rotatable bonds is 4. The normalized spacial score (nSPS) is 9.33. The van der Waals surface area contributed by atoms with Crippen LogP contribution in [0.3, 0.4) is 0 Å². The molecule has 1 aromatic carbocycles. The lowest BCUT2D eigenvalue weighted by Gasteiger charge is -2.00. The maximum atomic E-state index is 12.5. The Labute approximate surface area is 91.3 Å². The second kappa shape index (κ2) is 6.04. The molecule has 1 aromatic rings. The first-order valence-corrected chi connectivity index (χ1v) is 5.38. The highest BCUT2D eigenvalue weighted by Gasteiger charge is 2.00. The van der Waals surface area contributed by atoms with Crippen molar-refractivity contribution in [3.63, 3.8) is 0 Å². The maximum Gasteiger partial charge on any atom is 0.242 e. The molecule has 0 fully saturated rings. The van der Waals surface area contributed by atoms with Gasteiger partial charge in [0.15, 0.2) is 6.19 Å². The van der Waals surface area contributed by atoms with Gasteiger partial charge in [0.25, 0.3) is 0 Å². The van der Waals surface area contributed by atoms with Crippen LogP contribution >= 0.6 is 11.8 Å². The topological polar surface area (TPSA) is 52.9 Å². The van der Waals surface area contributed by atoms with Crippen LogP contribution in [0.5, 0.6) is 0 Å². The van der Waals surface area contributed by atoms with E-state index in [0.717, 1.165) is 5.56 Å². The second-order valence-electron chi connectivity index (χ2n) is 2.78. The van der Waals surface area contributed by atoms with Crippen LogP contribution < -0.4 is 5.32 Å². The van der Waals surface area contributed by atoms with Gasteiger partial charge < -0.3 is 0 Å². The molecular weight excluding hydrogens is 215 g/mol. The van der Waals surface area contributed by atoms with Gasteiger partial charge in [-0.25, -0.2) is 4.39 Å². The minimum atomic E-state index is -0.315. The average Bonchev–Trinajstić information content (AvgIpc) is 2.21. The fourth-order valence-electron chi connectivity index (χ4n) is 0.941. The summed E-state index contributed by atoms with van der Waals surface area (Å²) in [7, 11) is 0. The zero-order valence-electron chi connectivity index (χ0n) is 7.87. The molecule has 0 atom stereocenters. The van der Waals surface area contributed by atoms with Gasteiger partial charge in [-0.1, -0.05) is 12.1 Å². The number of amides is 1. The van der Waals surface area contributed by atoms with Gasteiger partial charge in [0.05, 0.1) is 5.75 Å². The molecule has 1 amide bonds. The summed E-state index contributed by atoms with van der Waals surface area (Å²) in [6, 6.07) is 6.10. The fraction of sp³-hybridized carbons (Fsp3) is 0.200. The van der Waals surface area contributed by atoms with Gasteiger partial charge in [-0.2, -0.15) is 5.26 Å². The van der Waals surface area contributed by atoms with Crippen molar-refractivity contribution in [1.82, 2.24) is 5.32 Å². The van der Waals surface area contributed by atoms with Crippen LogP contribution in [0, 0.1) is 17.3 Å². The van der Waals surface area contributed by atoms with Crippen molar-refractivity contribution in [2.45, 2.75) is 5.75 Å². The fourth-order valence-corrected chi connectivity index (χ4v) is 1.73. The number of hydrogen-bond acceptors (Lipinski definition) is 3. The Bertz CT molecular complexity index is 372. The number of nitrogens with zero attached hydrogens (tertiary/aromatic N) is 1. The maximum absolute atomic E-state index is 12.5. The lowest BCUT2D eigenvalue weighted by atomic mass is 10.2. The Kier molecular flexibility index (Phi) is 4.64. The Hall–Kier alpha value is -1.54. The van der Waals surface area contributed by atoms with E-state index in [4.69, 9.17) is 5.26 Å². The van der Waals surface area contributed by atoms with Crippen LogP contribution in [0.2, 0.25) is 0 Å². The van der Waals surface area contributed by atoms with Crippen LogP contribution in [0.25, 0.3) is 0 Å². The molecule has 0 aliphatic carbocycles. The largest absolute Gasteiger partial charge is 0.273 e. The standard InChI is InChI=1S/C10H9FN2OS/c11-9-3-1-8(2-4-9)5-15-6-10(14)13-7-12/h1-4H,5-6H2,(H,13,14). The van der Waals surface area contributed by atoms with Gasteiger partial charge in [-0.15, -0.1) is 11.8 Å². The molecule has 0 bridgehead atoms. The van der Waals surface area contributed by atoms with Crippen molar-refractivity contribution in [2.75, 3.05) is 5.75 Å². The van der Waals surface area contributed by atoms with Crippen LogP contribution in [-0.2, 0) is 10.5 Å². The number of hydrogen-bond donors (Lipinski definition) is 1. The monoisotopic (exact) mass is 224 g/mol. The molecule has 5 heteroatoms. The predicted molar refractivity (Wildman–Crippen MR) is 56.3 cm³/mol. The van der Waals surface area contributed by atoms with Crippen molar-refractivity contribution < 1.29 is 9.18 Å². The molecule has 0 heterocycles. The second-order valence-corrected chi connectivity index (χ2v) is 3.76. The first-order valence-electron chi connectivity index (χ1n) is 4.22. The zero-order valence-corrected chi connectivity index (χ0v) is 8.68. The Morgan fingerprint density at radius 2 is 2.13 bits per heavy atom. The molecule has 0 saturated heterocycles. The Balaban J connectivity index is 2.29. The van der Waals surface area contributed by atoms with E-state index in [0.29, 0.717) is 5.75 Å². The average molecular weight is 224 g/mol. The van der Waals surface area contributed by atoms with Gasteiger partial charge in [-0.3, -0.25) is 10.1 Å². The molecule has 3 nitrogen and oxygen atoms in total. The lowest BCUT2D eigenvalue weighted by Crippen LogP contribution is -2.19. The van der Waals surface area contributed by atoms with Crippen molar-refractivity contribution in [3.8, 4) is 6.19 Å². The number of carbonyl (C=O) groups excluding carboxylic acids is 1. The summed E-state index contributed by atoms with van der Waals surface area (Å²) in [5, 5.41) is 10.2. The van der Waals surface area contributed by atoms with Crippen LogP contribution in [0.15, 0.2) is 24.3 Å². The van der Waals surface area contributed by atoms with Gasteiger partial charge in [0.2, 0.25) is 5.91 Å². The van der Waals surface area contributed by atoms with Crippen molar-refractivity contribution in [1.29, 1.82) is 5.26 Å². The Morgan fingerprint density at radius 3 is 2.73 bits per heavy atom. The predicted octanol–water partition coefficient (Wildman–Crippen LogP) is 1.66. The third kappa shape index (κ3) is 4.47. The number of thioether (sulfide) groups is 1. The highest BCUT2D eigenvalue weighted by molar-refractivity contribution is 7.99. The summed E-state index contributed by atoms with van der Waals surface area (Å²) in [5.74, 6) is 0.264. The van der Waals surface area contributed by atoms with Crippen molar-refractivity contribution in [2.24, 2.45) is 0 Å². The molecule has 0 unspecified atom stereocenters. The molecule has 0 aliphatic heterocycles. The highest BCUT2D eigenvalue weighted by atomic mass is 32.2. The third-order valence-corrected chi connectivity index (χ3v) is 2.61. The van der Waals surface area contributed by atoms with E-state index < -0.39 is 0 Å². The summed E-state index contributed by atoms with van der Waals surface area (Å²) in [6.07, 6.45) is 1.56. The quantitative estimate of drug-likeness (QED) is 0.625. The molecule has 0 saturated carbocycles. The van der Waals surface area contributed by atoms with E-state index in [1.54, 1.807) is 18.3 Å². The summed E-state index contributed by atoms with van der Waals surface area (Å²) in [5.41, 5.74) is 0.950.